The monoisotopic (exact) mass is 277 g/mol. The lowest BCUT2D eigenvalue weighted by Gasteiger charge is -2.30. The molecule has 0 spiro atoms. The quantitative estimate of drug-likeness (QED) is 0.886. The summed E-state index contributed by atoms with van der Waals surface area (Å²) in [7, 11) is 3.44. The summed E-state index contributed by atoms with van der Waals surface area (Å²) in [6.45, 7) is 0.722. The third-order valence-corrected chi connectivity index (χ3v) is 3.81. The molecule has 1 N–H and O–H groups in total. The van der Waals surface area contributed by atoms with Gasteiger partial charge in [-0.25, -0.2) is 0 Å². The van der Waals surface area contributed by atoms with Crippen LogP contribution in [0.5, 0.6) is 0 Å². The fraction of sp³-hybridized carbons (Fsp3) is 0.600. The summed E-state index contributed by atoms with van der Waals surface area (Å²) in [5.41, 5.74) is 1.43. The van der Waals surface area contributed by atoms with Crippen molar-refractivity contribution in [3.63, 3.8) is 0 Å². The molecule has 5 heteroatoms. The SMILES string of the molecule is CN(C)C(=O)c1cc(N(CCO)C2CCCC2)ccn1. The van der Waals surface area contributed by atoms with E-state index in [1.165, 1.54) is 17.7 Å². The lowest BCUT2D eigenvalue weighted by atomic mass is 10.1. The molecular formula is C15H23N3O2. The molecule has 0 atom stereocenters. The van der Waals surface area contributed by atoms with Crippen LogP contribution in [0.2, 0.25) is 0 Å². The van der Waals surface area contributed by atoms with Gasteiger partial charge < -0.3 is 14.9 Å². The van der Waals surface area contributed by atoms with E-state index in [0.717, 1.165) is 18.5 Å². The van der Waals surface area contributed by atoms with Crippen LogP contribution in [0.1, 0.15) is 36.2 Å². The summed E-state index contributed by atoms with van der Waals surface area (Å²) >= 11 is 0. The van der Waals surface area contributed by atoms with E-state index in [0.29, 0.717) is 18.3 Å². The van der Waals surface area contributed by atoms with Gasteiger partial charge in [0, 0.05) is 38.6 Å². The first-order valence-electron chi connectivity index (χ1n) is 7.18. The van der Waals surface area contributed by atoms with E-state index in [1.807, 2.05) is 12.1 Å². The summed E-state index contributed by atoms with van der Waals surface area (Å²) in [4.78, 5) is 19.9. The van der Waals surface area contributed by atoms with Crippen LogP contribution in [0.3, 0.4) is 0 Å². The molecule has 0 aliphatic heterocycles. The van der Waals surface area contributed by atoms with Crippen molar-refractivity contribution in [2.45, 2.75) is 31.7 Å². The molecule has 20 heavy (non-hydrogen) atoms. The number of hydrogen-bond donors (Lipinski definition) is 1. The molecule has 1 aliphatic carbocycles. The molecule has 1 aromatic rings. The normalized spacial score (nSPS) is 15.3. The van der Waals surface area contributed by atoms with Crippen molar-refractivity contribution in [3.8, 4) is 0 Å². The molecule has 110 valence electrons. The van der Waals surface area contributed by atoms with Crippen molar-refractivity contribution in [1.29, 1.82) is 0 Å². The number of carbonyl (C=O) groups excluding carboxylic acids is 1. The fourth-order valence-electron chi connectivity index (χ4n) is 2.79. The number of aliphatic hydroxyl groups is 1. The molecule has 1 aliphatic rings. The fourth-order valence-corrected chi connectivity index (χ4v) is 2.79. The smallest absolute Gasteiger partial charge is 0.272 e. The van der Waals surface area contributed by atoms with Crippen molar-refractivity contribution in [2.24, 2.45) is 0 Å². The molecule has 1 aromatic heterocycles. The zero-order valence-corrected chi connectivity index (χ0v) is 12.2. The third kappa shape index (κ3) is 3.28. The van der Waals surface area contributed by atoms with E-state index >= 15 is 0 Å². The number of hydrogen-bond acceptors (Lipinski definition) is 4. The molecular weight excluding hydrogens is 254 g/mol. The van der Waals surface area contributed by atoms with E-state index in [-0.39, 0.29) is 12.5 Å². The van der Waals surface area contributed by atoms with E-state index in [4.69, 9.17) is 0 Å². The van der Waals surface area contributed by atoms with Crippen LogP contribution >= 0.6 is 0 Å². The highest BCUT2D eigenvalue weighted by Crippen LogP contribution is 2.28. The molecule has 2 rings (SSSR count). The second-order valence-electron chi connectivity index (χ2n) is 5.45. The van der Waals surface area contributed by atoms with Crippen molar-refractivity contribution < 1.29 is 9.90 Å². The van der Waals surface area contributed by atoms with Gasteiger partial charge in [0.05, 0.1) is 6.61 Å². The van der Waals surface area contributed by atoms with Crippen LogP contribution < -0.4 is 4.90 Å². The van der Waals surface area contributed by atoms with Crippen LogP contribution in [-0.4, -0.2) is 54.2 Å². The Morgan fingerprint density at radius 2 is 2.10 bits per heavy atom. The van der Waals surface area contributed by atoms with Crippen LogP contribution in [0, 0.1) is 0 Å². The largest absolute Gasteiger partial charge is 0.395 e. The molecule has 1 amide bonds. The number of pyridine rings is 1. The standard InChI is InChI=1S/C15H23N3O2/c1-17(2)15(20)14-11-13(7-8-16-14)18(9-10-19)12-5-3-4-6-12/h7-8,11-12,19H,3-6,9-10H2,1-2H3. The molecule has 5 nitrogen and oxygen atoms in total. The minimum atomic E-state index is -0.0952. The van der Waals surface area contributed by atoms with Gasteiger partial charge in [-0.2, -0.15) is 0 Å². The number of carbonyl (C=O) groups is 1. The Morgan fingerprint density at radius 3 is 2.70 bits per heavy atom. The maximum absolute atomic E-state index is 12.0. The van der Waals surface area contributed by atoms with Gasteiger partial charge in [0.25, 0.3) is 5.91 Å². The zero-order chi connectivity index (χ0) is 14.5. The van der Waals surface area contributed by atoms with E-state index in [2.05, 4.69) is 9.88 Å². The Bertz CT molecular complexity index is 456. The Morgan fingerprint density at radius 1 is 1.40 bits per heavy atom. The van der Waals surface area contributed by atoms with Gasteiger partial charge in [0.15, 0.2) is 0 Å². The maximum Gasteiger partial charge on any atom is 0.272 e. The lowest BCUT2D eigenvalue weighted by Crippen LogP contribution is -2.36. The molecule has 0 bridgehead atoms. The molecule has 0 radical (unpaired) electrons. The van der Waals surface area contributed by atoms with Gasteiger partial charge in [0.2, 0.25) is 0 Å². The second-order valence-corrected chi connectivity index (χ2v) is 5.45. The number of rotatable bonds is 5. The van der Waals surface area contributed by atoms with Crippen LogP contribution in [0.15, 0.2) is 18.3 Å². The average molecular weight is 277 g/mol. The van der Waals surface area contributed by atoms with Gasteiger partial charge in [-0.15, -0.1) is 0 Å². The topological polar surface area (TPSA) is 56.7 Å². The summed E-state index contributed by atoms with van der Waals surface area (Å²) in [6, 6.07) is 4.21. The average Bonchev–Trinajstić information content (AvgIpc) is 2.97. The lowest BCUT2D eigenvalue weighted by molar-refractivity contribution is 0.0822. The maximum atomic E-state index is 12.0. The first-order chi connectivity index (χ1) is 9.63. The molecule has 0 saturated heterocycles. The number of nitrogens with zero attached hydrogens (tertiary/aromatic N) is 3. The third-order valence-electron chi connectivity index (χ3n) is 3.81. The van der Waals surface area contributed by atoms with Crippen LogP contribution in [0.25, 0.3) is 0 Å². The number of amides is 1. The molecule has 1 heterocycles. The summed E-state index contributed by atoms with van der Waals surface area (Å²) < 4.78 is 0. The van der Waals surface area contributed by atoms with E-state index in [1.54, 1.807) is 20.3 Å². The number of aliphatic hydroxyl groups excluding tert-OH is 1. The van der Waals surface area contributed by atoms with Crippen molar-refractivity contribution >= 4 is 11.6 Å². The summed E-state index contributed by atoms with van der Waals surface area (Å²) in [6.07, 6.45) is 6.45. The molecule has 1 saturated carbocycles. The van der Waals surface area contributed by atoms with Gasteiger partial charge >= 0.3 is 0 Å². The first-order valence-corrected chi connectivity index (χ1v) is 7.18. The van der Waals surface area contributed by atoms with Crippen LogP contribution in [0.4, 0.5) is 5.69 Å². The Kier molecular flexibility index (Phi) is 4.95. The Balaban J connectivity index is 2.24. The minimum Gasteiger partial charge on any atom is -0.395 e. The second kappa shape index (κ2) is 6.70. The molecule has 1 fully saturated rings. The van der Waals surface area contributed by atoms with Crippen molar-refractivity contribution in [3.05, 3.63) is 24.0 Å². The van der Waals surface area contributed by atoms with E-state index < -0.39 is 0 Å². The highest BCUT2D eigenvalue weighted by molar-refractivity contribution is 5.92. The molecule has 0 aromatic carbocycles. The van der Waals surface area contributed by atoms with Gasteiger partial charge in [-0.3, -0.25) is 9.78 Å². The van der Waals surface area contributed by atoms with Crippen molar-refractivity contribution in [2.75, 3.05) is 32.1 Å². The van der Waals surface area contributed by atoms with Gasteiger partial charge in [-0.05, 0) is 25.0 Å². The Labute approximate surface area is 120 Å². The predicted molar refractivity (Wildman–Crippen MR) is 78.9 cm³/mol. The van der Waals surface area contributed by atoms with Gasteiger partial charge in [-0.1, -0.05) is 12.8 Å². The zero-order valence-electron chi connectivity index (χ0n) is 12.2. The molecule has 0 unspecified atom stereocenters. The number of anilines is 1. The predicted octanol–water partition coefficient (Wildman–Crippen LogP) is 1.52. The van der Waals surface area contributed by atoms with Crippen molar-refractivity contribution in [1.82, 2.24) is 9.88 Å². The van der Waals surface area contributed by atoms with Gasteiger partial charge in [0.1, 0.15) is 5.69 Å². The van der Waals surface area contributed by atoms with E-state index in [9.17, 15) is 9.90 Å². The first kappa shape index (κ1) is 14.8. The highest BCUT2D eigenvalue weighted by Gasteiger charge is 2.23. The summed E-state index contributed by atoms with van der Waals surface area (Å²) in [5, 5.41) is 9.29. The Hall–Kier alpha value is -1.62. The summed E-state index contributed by atoms with van der Waals surface area (Å²) in [5.74, 6) is -0.0952. The minimum absolute atomic E-state index is 0.0952. The number of aromatic nitrogens is 1. The van der Waals surface area contributed by atoms with Crippen LogP contribution in [-0.2, 0) is 0 Å². The highest BCUT2D eigenvalue weighted by atomic mass is 16.3.